The first-order chi connectivity index (χ1) is 11.7. The van der Waals surface area contributed by atoms with Crippen molar-refractivity contribution in [2.24, 2.45) is 0 Å². The summed E-state index contributed by atoms with van der Waals surface area (Å²) >= 11 is 2.03. The number of amides is 2. The van der Waals surface area contributed by atoms with Gasteiger partial charge in [-0.1, -0.05) is 13.0 Å². The van der Waals surface area contributed by atoms with Crippen LogP contribution in [-0.4, -0.2) is 64.0 Å². The SMILES string of the molecule is CCS[C@H]1CC[C@H](NC(=O)N2CCN(Cc3ccccn3)CC2)C1. The average molecular weight is 349 g/mol. The quantitative estimate of drug-likeness (QED) is 0.888. The molecule has 1 N–H and O–H groups in total. The summed E-state index contributed by atoms with van der Waals surface area (Å²) in [6.45, 7) is 6.53. The van der Waals surface area contributed by atoms with Gasteiger partial charge in [0.2, 0.25) is 0 Å². The zero-order chi connectivity index (χ0) is 16.8. The first-order valence-corrected chi connectivity index (χ1v) is 10.1. The fourth-order valence-electron chi connectivity index (χ4n) is 3.55. The summed E-state index contributed by atoms with van der Waals surface area (Å²) < 4.78 is 0. The molecule has 1 saturated heterocycles. The molecule has 6 heteroatoms. The van der Waals surface area contributed by atoms with Crippen LogP contribution in [0.3, 0.4) is 0 Å². The maximum atomic E-state index is 12.5. The lowest BCUT2D eigenvalue weighted by atomic mass is 10.2. The lowest BCUT2D eigenvalue weighted by Crippen LogP contribution is -2.53. The highest BCUT2D eigenvalue weighted by atomic mass is 32.2. The fourth-order valence-corrected chi connectivity index (χ4v) is 4.70. The monoisotopic (exact) mass is 348 g/mol. The Morgan fingerprint density at radius 1 is 1.29 bits per heavy atom. The lowest BCUT2D eigenvalue weighted by molar-refractivity contribution is 0.132. The Bertz CT molecular complexity index is 519. The van der Waals surface area contributed by atoms with Crippen LogP contribution in [0.25, 0.3) is 0 Å². The molecule has 2 heterocycles. The van der Waals surface area contributed by atoms with Crippen molar-refractivity contribution in [3.63, 3.8) is 0 Å². The average Bonchev–Trinajstić information content (AvgIpc) is 3.04. The molecule has 0 aromatic carbocycles. The molecule has 1 aromatic rings. The zero-order valence-electron chi connectivity index (χ0n) is 14.5. The molecule has 132 valence electrons. The molecule has 1 saturated carbocycles. The van der Waals surface area contributed by atoms with E-state index in [2.05, 4.69) is 28.2 Å². The minimum absolute atomic E-state index is 0.125. The highest BCUT2D eigenvalue weighted by Crippen LogP contribution is 2.29. The van der Waals surface area contributed by atoms with Gasteiger partial charge >= 0.3 is 6.03 Å². The zero-order valence-corrected chi connectivity index (χ0v) is 15.3. The van der Waals surface area contributed by atoms with Crippen LogP contribution in [0, 0.1) is 0 Å². The maximum absolute atomic E-state index is 12.5. The fraction of sp³-hybridized carbons (Fsp3) is 0.667. The Hall–Kier alpha value is -1.27. The van der Waals surface area contributed by atoms with Gasteiger partial charge in [0.1, 0.15) is 0 Å². The Balaban J connectivity index is 1.39. The summed E-state index contributed by atoms with van der Waals surface area (Å²) in [6.07, 6.45) is 5.33. The molecule has 2 aliphatic rings. The molecule has 0 radical (unpaired) electrons. The minimum atomic E-state index is 0.125. The third-order valence-corrected chi connectivity index (χ3v) is 6.12. The molecule has 2 atom stereocenters. The van der Waals surface area contributed by atoms with Crippen molar-refractivity contribution in [3.05, 3.63) is 30.1 Å². The van der Waals surface area contributed by atoms with E-state index in [1.165, 1.54) is 12.2 Å². The predicted octanol–water partition coefficient (Wildman–Crippen LogP) is 2.58. The van der Waals surface area contributed by atoms with E-state index in [4.69, 9.17) is 0 Å². The largest absolute Gasteiger partial charge is 0.335 e. The number of pyridine rings is 1. The van der Waals surface area contributed by atoms with E-state index in [0.717, 1.165) is 56.5 Å². The topological polar surface area (TPSA) is 48.5 Å². The van der Waals surface area contributed by atoms with Crippen LogP contribution in [0.2, 0.25) is 0 Å². The number of rotatable bonds is 5. The normalized spacial score (nSPS) is 25.0. The molecular weight excluding hydrogens is 320 g/mol. The van der Waals surface area contributed by atoms with Gasteiger partial charge in [-0.25, -0.2) is 4.79 Å². The second-order valence-corrected chi connectivity index (χ2v) is 8.20. The number of carbonyl (C=O) groups is 1. The number of piperazine rings is 1. The van der Waals surface area contributed by atoms with Gasteiger partial charge in [-0.15, -0.1) is 0 Å². The number of hydrogen-bond acceptors (Lipinski definition) is 4. The van der Waals surface area contributed by atoms with Crippen molar-refractivity contribution >= 4 is 17.8 Å². The van der Waals surface area contributed by atoms with Gasteiger partial charge in [0.05, 0.1) is 5.69 Å². The van der Waals surface area contributed by atoms with Gasteiger partial charge in [-0.05, 0) is 37.1 Å². The van der Waals surface area contributed by atoms with Gasteiger partial charge in [-0.2, -0.15) is 11.8 Å². The molecule has 1 aliphatic heterocycles. The Labute approximate surface area is 149 Å². The first kappa shape index (κ1) is 17.5. The van der Waals surface area contributed by atoms with Crippen LogP contribution in [0.4, 0.5) is 4.79 Å². The van der Waals surface area contributed by atoms with E-state index in [9.17, 15) is 4.79 Å². The molecule has 3 rings (SSSR count). The summed E-state index contributed by atoms with van der Waals surface area (Å²) in [7, 11) is 0. The van der Waals surface area contributed by atoms with Gasteiger partial charge < -0.3 is 10.2 Å². The van der Waals surface area contributed by atoms with Crippen LogP contribution < -0.4 is 5.32 Å². The van der Waals surface area contributed by atoms with E-state index in [0.29, 0.717) is 6.04 Å². The molecule has 0 spiro atoms. The lowest BCUT2D eigenvalue weighted by Gasteiger charge is -2.35. The second-order valence-electron chi connectivity index (χ2n) is 6.62. The number of carbonyl (C=O) groups excluding carboxylic acids is 1. The van der Waals surface area contributed by atoms with Crippen molar-refractivity contribution in [2.45, 2.75) is 44.0 Å². The molecule has 5 nitrogen and oxygen atoms in total. The van der Waals surface area contributed by atoms with Crippen LogP contribution in [0.5, 0.6) is 0 Å². The molecule has 0 unspecified atom stereocenters. The number of thioether (sulfide) groups is 1. The molecule has 2 amide bonds. The molecule has 2 fully saturated rings. The van der Waals surface area contributed by atoms with Crippen molar-refractivity contribution < 1.29 is 4.79 Å². The van der Waals surface area contributed by atoms with Gasteiger partial charge in [0, 0.05) is 50.2 Å². The molecule has 1 aliphatic carbocycles. The number of hydrogen-bond donors (Lipinski definition) is 1. The van der Waals surface area contributed by atoms with E-state index in [-0.39, 0.29) is 6.03 Å². The molecule has 0 bridgehead atoms. The van der Waals surface area contributed by atoms with Crippen LogP contribution in [0.1, 0.15) is 31.9 Å². The third kappa shape index (κ3) is 4.86. The van der Waals surface area contributed by atoms with Gasteiger partial charge in [0.25, 0.3) is 0 Å². The standard InChI is InChI=1S/C18H28N4OS/c1-2-24-17-7-6-15(13-17)20-18(23)22-11-9-21(10-12-22)14-16-5-3-4-8-19-16/h3-5,8,15,17H,2,6-7,9-14H2,1H3,(H,20,23)/t15-,17-/m0/s1. The first-order valence-electron chi connectivity index (χ1n) is 9.04. The summed E-state index contributed by atoms with van der Waals surface area (Å²) in [5, 5.41) is 3.98. The number of nitrogens with one attached hydrogen (secondary N) is 1. The smallest absolute Gasteiger partial charge is 0.317 e. The van der Waals surface area contributed by atoms with Crippen LogP contribution >= 0.6 is 11.8 Å². The molecular formula is C18H28N4OS. The van der Waals surface area contributed by atoms with Crippen molar-refractivity contribution in [2.75, 3.05) is 31.9 Å². The Kier molecular flexibility index (Phi) is 6.37. The van der Waals surface area contributed by atoms with E-state index < -0.39 is 0 Å². The van der Waals surface area contributed by atoms with Crippen molar-refractivity contribution in [1.82, 2.24) is 20.1 Å². The minimum Gasteiger partial charge on any atom is -0.335 e. The summed E-state index contributed by atoms with van der Waals surface area (Å²) in [6, 6.07) is 6.52. The van der Waals surface area contributed by atoms with E-state index in [1.807, 2.05) is 35.0 Å². The highest BCUT2D eigenvalue weighted by molar-refractivity contribution is 7.99. The number of aromatic nitrogens is 1. The summed E-state index contributed by atoms with van der Waals surface area (Å²) in [5.41, 5.74) is 1.10. The molecule has 1 aromatic heterocycles. The summed E-state index contributed by atoms with van der Waals surface area (Å²) in [5.74, 6) is 1.17. The number of nitrogens with zero attached hydrogens (tertiary/aromatic N) is 3. The Morgan fingerprint density at radius 3 is 2.83 bits per heavy atom. The van der Waals surface area contributed by atoms with Crippen LogP contribution in [-0.2, 0) is 6.54 Å². The van der Waals surface area contributed by atoms with Crippen molar-refractivity contribution in [1.29, 1.82) is 0 Å². The van der Waals surface area contributed by atoms with E-state index >= 15 is 0 Å². The highest BCUT2D eigenvalue weighted by Gasteiger charge is 2.28. The maximum Gasteiger partial charge on any atom is 0.317 e. The van der Waals surface area contributed by atoms with Gasteiger partial charge in [0.15, 0.2) is 0 Å². The molecule has 24 heavy (non-hydrogen) atoms. The van der Waals surface area contributed by atoms with Crippen LogP contribution in [0.15, 0.2) is 24.4 Å². The number of urea groups is 1. The van der Waals surface area contributed by atoms with Crippen molar-refractivity contribution in [3.8, 4) is 0 Å². The third-order valence-electron chi connectivity index (χ3n) is 4.89. The second kappa shape index (κ2) is 8.72. The van der Waals surface area contributed by atoms with E-state index in [1.54, 1.807) is 0 Å². The predicted molar refractivity (Wildman–Crippen MR) is 99.2 cm³/mol. The van der Waals surface area contributed by atoms with Gasteiger partial charge in [-0.3, -0.25) is 9.88 Å². The summed E-state index contributed by atoms with van der Waals surface area (Å²) in [4.78, 5) is 21.2. The Morgan fingerprint density at radius 2 is 2.12 bits per heavy atom.